The van der Waals surface area contributed by atoms with Gasteiger partial charge in [0.2, 0.25) is 0 Å². The molecule has 2 heterocycles. The van der Waals surface area contributed by atoms with E-state index >= 15 is 0 Å². The van der Waals surface area contributed by atoms with E-state index in [1.807, 2.05) is 6.07 Å². The Balaban J connectivity index is 1.95. The molecule has 0 N–H and O–H groups in total. The predicted molar refractivity (Wildman–Crippen MR) is 66.9 cm³/mol. The summed E-state index contributed by atoms with van der Waals surface area (Å²) in [6.07, 6.45) is 3.81. The maximum absolute atomic E-state index is 11.8. The Labute approximate surface area is 107 Å². The maximum atomic E-state index is 11.8. The van der Waals surface area contributed by atoms with Gasteiger partial charge in [0, 0.05) is 7.05 Å². The smallest absolute Gasteiger partial charge is 0.312 e. The van der Waals surface area contributed by atoms with Crippen molar-refractivity contribution in [3.8, 4) is 0 Å². The first-order chi connectivity index (χ1) is 8.70. The Morgan fingerprint density at radius 2 is 2.11 bits per heavy atom. The molecular formula is C13H20N2O3. The molecule has 0 unspecified atom stereocenters. The number of amides is 1. The Bertz CT molecular complexity index is 397. The van der Waals surface area contributed by atoms with Gasteiger partial charge in [0.05, 0.1) is 13.7 Å². The van der Waals surface area contributed by atoms with Gasteiger partial charge in [-0.2, -0.15) is 0 Å². The number of nitrogens with zero attached hydrogens (tertiary/aromatic N) is 2. The predicted octanol–water partition coefficient (Wildman–Crippen LogP) is 1.90. The lowest BCUT2D eigenvalue weighted by molar-refractivity contribution is -0.0774. The van der Waals surface area contributed by atoms with Gasteiger partial charge in [-0.3, -0.25) is 14.5 Å². The minimum absolute atomic E-state index is 0.262. The van der Waals surface area contributed by atoms with Crippen LogP contribution in [0, 0.1) is 0 Å². The Morgan fingerprint density at radius 3 is 2.78 bits per heavy atom. The fraction of sp³-hybridized carbons (Fsp3) is 0.615. The van der Waals surface area contributed by atoms with Crippen molar-refractivity contribution in [3.05, 3.63) is 23.7 Å². The summed E-state index contributed by atoms with van der Waals surface area (Å²) in [7, 11) is 3.02. The topological polar surface area (TPSA) is 45.9 Å². The van der Waals surface area contributed by atoms with Gasteiger partial charge in [-0.15, -0.1) is 0 Å². The van der Waals surface area contributed by atoms with E-state index in [2.05, 4.69) is 4.90 Å². The van der Waals surface area contributed by atoms with Crippen molar-refractivity contribution in [1.82, 2.24) is 9.96 Å². The molecule has 1 aromatic rings. The second-order valence-corrected chi connectivity index (χ2v) is 4.59. The van der Waals surface area contributed by atoms with E-state index in [0.717, 1.165) is 30.5 Å². The molecule has 100 valence electrons. The highest BCUT2D eigenvalue weighted by molar-refractivity contribution is 5.90. The lowest BCUT2D eigenvalue weighted by Crippen LogP contribution is -2.29. The summed E-state index contributed by atoms with van der Waals surface area (Å²) in [6, 6.07) is 3.57. The molecule has 1 amide bonds. The van der Waals surface area contributed by atoms with Gasteiger partial charge in [-0.1, -0.05) is 6.42 Å². The fourth-order valence-corrected chi connectivity index (χ4v) is 2.15. The van der Waals surface area contributed by atoms with Gasteiger partial charge in [0.1, 0.15) is 5.76 Å². The molecule has 0 aliphatic carbocycles. The minimum Gasteiger partial charge on any atom is -0.454 e. The average Bonchev–Trinajstić information content (AvgIpc) is 2.86. The number of carbonyl (C=O) groups is 1. The number of hydrogen-bond acceptors (Lipinski definition) is 4. The zero-order chi connectivity index (χ0) is 13.0. The number of hydroxylamine groups is 2. The largest absolute Gasteiger partial charge is 0.454 e. The van der Waals surface area contributed by atoms with E-state index in [1.54, 1.807) is 13.1 Å². The lowest BCUT2D eigenvalue weighted by atomic mass is 10.1. The van der Waals surface area contributed by atoms with Crippen molar-refractivity contribution < 1.29 is 14.0 Å². The molecule has 1 fully saturated rings. The van der Waals surface area contributed by atoms with Crippen LogP contribution in [0.25, 0.3) is 0 Å². The van der Waals surface area contributed by atoms with Gasteiger partial charge in [0.25, 0.3) is 0 Å². The number of furan rings is 1. The first kappa shape index (κ1) is 13.1. The van der Waals surface area contributed by atoms with E-state index in [-0.39, 0.29) is 5.91 Å². The minimum atomic E-state index is -0.262. The molecule has 5 heteroatoms. The zero-order valence-electron chi connectivity index (χ0n) is 11.0. The quantitative estimate of drug-likeness (QED) is 0.768. The van der Waals surface area contributed by atoms with Gasteiger partial charge in [-0.25, -0.2) is 5.06 Å². The highest BCUT2D eigenvalue weighted by Gasteiger charge is 2.17. The molecular weight excluding hydrogens is 232 g/mol. The maximum Gasteiger partial charge on any atom is 0.312 e. The van der Waals surface area contributed by atoms with E-state index < -0.39 is 0 Å². The average molecular weight is 252 g/mol. The van der Waals surface area contributed by atoms with Crippen molar-refractivity contribution in [2.75, 3.05) is 27.2 Å². The molecule has 0 radical (unpaired) electrons. The highest BCUT2D eigenvalue weighted by atomic mass is 16.7. The van der Waals surface area contributed by atoms with E-state index in [1.165, 1.54) is 26.4 Å². The van der Waals surface area contributed by atoms with Crippen LogP contribution in [0.1, 0.15) is 35.6 Å². The third-order valence-electron chi connectivity index (χ3n) is 3.26. The normalized spacial score (nSPS) is 16.8. The molecule has 0 bridgehead atoms. The van der Waals surface area contributed by atoms with Crippen molar-refractivity contribution in [3.63, 3.8) is 0 Å². The molecule has 2 rings (SSSR count). The highest BCUT2D eigenvalue weighted by Crippen LogP contribution is 2.16. The van der Waals surface area contributed by atoms with Gasteiger partial charge >= 0.3 is 5.91 Å². The summed E-state index contributed by atoms with van der Waals surface area (Å²) >= 11 is 0. The molecule has 1 aliphatic rings. The van der Waals surface area contributed by atoms with Crippen LogP contribution in [0.3, 0.4) is 0 Å². The van der Waals surface area contributed by atoms with E-state index in [0.29, 0.717) is 5.76 Å². The molecule has 1 saturated heterocycles. The first-order valence-corrected chi connectivity index (χ1v) is 6.34. The number of likely N-dealkylation sites (tertiary alicyclic amines) is 1. The molecule has 1 aliphatic heterocycles. The SMILES string of the molecule is CON(C)C(=O)c1ccc(CN2CCCCC2)o1. The molecule has 1 aromatic heterocycles. The summed E-state index contributed by atoms with van der Waals surface area (Å²) in [4.78, 5) is 19.0. The molecule has 0 saturated carbocycles. The van der Waals surface area contributed by atoms with E-state index in [9.17, 15) is 4.79 Å². The van der Waals surface area contributed by atoms with E-state index in [4.69, 9.17) is 9.25 Å². The van der Waals surface area contributed by atoms with Crippen molar-refractivity contribution >= 4 is 5.91 Å². The third kappa shape index (κ3) is 3.11. The third-order valence-corrected chi connectivity index (χ3v) is 3.26. The standard InChI is InChI=1S/C13H20N2O3/c1-14(17-2)13(16)12-7-6-11(18-12)10-15-8-4-3-5-9-15/h6-7H,3-5,8-10H2,1-2H3. The molecule has 0 aromatic carbocycles. The second kappa shape index (κ2) is 6.02. The Morgan fingerprint density at radius 1 is 1.39 bits per heavy atom. The second-order valence-electron chi connectivity index (χ2n) is 4.59. The summed E-state index contributed by atoms with van der Waals surface area (Å²) < 4.78 is 5.56. The van der Waals surface area contributed by atoms with Gasteiger partial charge < -0.3 is 4.42 Å². The Hall–Kier alpha value is -1.33. The summed E-state index contributed by atoms with van der Waals surface area (Å²) in [5.41, 5.74) is 0. The van der Waals surface area contributed by atoms with Crippen LogP contribution in [0.4, 0.5) is 0 Å². The monoisotopic (exact) mass is 252 g/mol. The first-order valence-electron chi connectivity index (χ1n) is 6.34. The number of rotatable bonds is 4. The summed E-state index contributed by atoms with van der Waals surface area (Å²) in [5, 5.41) is 1.16. The molecule has 18 heavy (non-hydrogen) atoms. The molecule has 0 spiro atoms. The van der Waals surface area contributed by atoms with Crippen LogP contribution < -0.4 is 0 Å². The summed E-state index contributed by atoms with van der Waals surface area (Å²) in [6.45, 7) is 3.01. The van der Waals surface area contributed by atoms with Crippen LogP contribution in [0.15, 0.2) is 16.5 Å². The Kier molecular flexibility index (Phi) is 4.38. The van der Waals surface area contributed by atoms with Crippen LogP contribution in [-0.4, -0.2) is 43.1 Å². The number of hydrogen-bond donors (Lipinski definition) is 0. The van der Waals surface area contributed by atoms with Crippen molar-refractivity contribution in [2.45, 2.75) is 25.8 Å². The van der Waals surface area contributed by atoms with Crippen molar-refractivity contribution in [2.24, 2.45) is 0 Å². The summed E-state index contributed by atoms with van der Waals surface area (Å²) in [5.74, 6) is 0.901. The van der Waals surface area contributed by atoms with Crippen LogP contribution in [0.5, 0.6) is 0 Å². The van der Waals surface area contributed by atoms with Crippen LogP contribution in [-0.2, 0) is 11.4 Å². The number of carbonyl (C=O) groups excluding carboxylic acids is 1. The zero-order valence-corrected chi connectivity index (χ0v) is 11.0. The van der Waals surface area contributed by atoms with Gasteiger partial charge in [0.15, 0.2) is 5.76 Å². The lowest BCUT2D eigenvalue weighted by Gasteiger charge is -2.25. The molecule has 0 atom stereocenters. The molecule has 5 nitrogen and oxygen atoms in total. The van der Waals surface area contributed by atoms with Crippen LogP contribution in [0.2, 0.25) is 0 Å². The van der Waals surface area contributed by atoms with Gasteiger partial charge in [-0.05, 0) is 38.1 Å². The van der Waals surface area contributed by atoms with Crippen molar-refractivity contribution in [1.29, 1.82) is 0 Å². The van der Waals surface area contributed by atoms with Crippen LogP contribution >= 0.6 is 0 Å². The fourth-order valence-electron chi connectivity index (χ4n) is 2.15. The number of piperidine rings is 1.